The zero-order chi connectivity index (χ0) is 32.6. The number of benzene rings is 2. The fourth-order valence-corrected chi connectivity index (χ4v) is 7.63. The maximum absolute atomic E-state index is 14.2. The molecule has 1 aromatic heterocycles. The van der Waals surface area contributed by atoms with E-state index in [1.165, 1.54) is 26.1 Å². The first-order valence-electron chi connectivity index (χ1n) is 16.0. The molecule has 3 heterocycles. The first-order chi connectivity index (χ1) is 22.1. The van der Waals surface area contributed by atoms with Gasteiger partial charge >= 0.3 is 10.2 Å². The van der Waals surface area contributed by atoms with E-state index < -0.39 is 16.1 Å². The molecule has 0 bridgehead atoms. The lowest BCUT2D eigenvalue weighted by molar-refractivity contribution is -0.129. The average Bonchev–Trinajstić information content (AvgIpc) is 3.27. The molecule has 1 aliphatic carbocycles. The van der Waals surface area contributed by atoms with Crippen molar-refractivity contribution in [3.8, 4) is 17.0 Å². The van der Waals surface area contributed by atoms with Gasteiger partial charge in [0.15, 0.2) is 0 Å². The highest BCUT2D eigenvalue weighted by Gasteiger charge is 2.32. The van der Waals surface area contributed by atoms with Gasteiger partial charge in [-0.2, -0.15) is 12.7 Å². The smallest absolute Gasteiger partial charge is 0.303 e. The monoisotopic (exact) mass is 649 g/mol. The second-order valence-corrected chi connectivity index (χ2v) is 14.5. The van der Waals surface area contributed by atoms with Gasteiger partial charge in [0.25, 0.3) is 11.8 Å². The Labute approximate surface area is 270 Å². The van der Waals surface area contributed by atoms with Crippen LogP contribution in [0.3, 0.4) is 0 Å². The van der Waals surface area contributed by atoms with Crippen LogP contribution in [0, 0.1) is 0 Å². The third kappa shape index (κ3) is 6.18. The maximum atomic E-state index is 14.2. The van der Waals surface area contributed by atoms with E-state index >= 15 is 0 Å². The predicted molar refractivity (Wildman–Crippen MR) is 178 cm³/mol. The molecule has 0 radical (unpaired) electrons. The topological polar surface area (TPSA) is 124 Å². The van der Waals surface area contributed by atoms with Crippen LogP contribution in [0.5, 0.6) is 5.75 Å². The molecule has 0 unspecified atom stereocenters. The maximum Gasteiger partial charge on any atom is 0.303 e. The minimum absolute atomic E-state index is 0.0442. The van der Waals surface area contributed by atoms with Crippen molar-refractivity contribution in [3.63, 3.8) is 0 Å². The highest BCUT2D eigenvalue weighted by Crippen LogP contribution is 2.47. The van der Waals surface area contributed by atoms with Crippen LogP contribution >= 0.6 is 0 Å². The van der Waals surface area contributed by atoms with E-state index in [0.29, 0.717) is 56.5 Å². The molecule has 0 spiro atoms. The largest absolute Gasteiger partial charge is 0.497 e. The lowest BCUT2D eigenvalue weighted by atomic mass is 9.81. The van der Waals surface area contributed by atoms with Gasteiger partial charge in [-0.3, -0.25) is 14.5 Å². The van der Waals surface area contributed by atoms with Crippen molar-refractivity contribution >= 4 is 39.0 Å². The Kier molecular flexibility index (Phi) is 9.24. The molecule has 3 aliphatic rings. The van der Waals surface area contributed by atoms with Gasteiger partial charge in [-0.15, -0.1) is 0 Å². The average molecular weight is 650 g/mol. The van der Waals surface area contributed by atoms with E-state index in [4.69, 9.17) is 4.74 Å². The molecule has 2 aliphatic heterocycles. The third-order valence-corrected chi connectivity index (χ3v) is 11.0. The summed E-state index contributed by atoms with van der Waals surface area (Å²) >= 11 is 0. The van der Waals surface area contributed by atoms with Crippen molar-refractivity contribution in [1.29, 1.82) is 0 Å². The molecule has 2 N–H and O–H groups in total. The van der Waals surface area contributed by atoms with Gasteiger partial charge in [0.05, 0.1) is 26.0 Å². The van der Waals surface area contributed by atoms with Gasteiger partial charge in [0.2, 0.25) is 0 Å². The quantitative estimate of drug-likeness (QED) is 0.383. The van der Waals surface area contributed by atoms with E-state index in [1.54, 1.807) is 19.2 Å². The van der Waals surface area contributed by atoms with Crippen LogP contribution in [0.2, 0.25) is 0 Å². The number of nitrogens with one attached hydrogen (secondary N) is 1. The zero-order valence-electron chi connectivity index (χ0n) is 26.8. The number of carbonyl (C=O) groups excluding carboxylic acids is 2. The van der Waals surface area contributed by atoms with Crippen molar-refractivity contribution in [1.82, 2.24) is 23.4 Å². The normalized spacial score (nSPS) is 17.8. The summed E-state index contributed by atoms with van der Waals surface area (Å²) in [5.41, 5.74) is 5.79. The van der Waals surface area contributed by atoms with Crippen molar-refractivity contribution in [2.24, 2.45) is 0 Å². The molecule has 1 saturated carbocycles. The standard InChI is InChI=1S/C34H43N5O6S/c1-36(2)46(43,44)35-33(41)24-9-11-29-30(21-24)39-22-26(34(42)38-15-13-37(14-16-38)17-18-40)19-25-20-27(45-3)10-12-28(25)32(39)31(29)23-7-5-4-6-8-23/h9-12,19-21,23,40H,4-8,13-18,22H2,1-3H3,(H,35,41). The molecule has 246 valence electrons. The number of piperazine rings is 1. The Balaban J connectivity index is 1.50. The third-order valence-electron chi connectivity index (χ3n) is 9.60. The molecule has 11 nitrogen and oxygen atoms in total. The number of ether oxygens (including phenoxy) is 1. The summed E-state index contributed by atoms with van der Waals surface area (Å²) in [4.78, 5) is 31.5. The van der Waals surface area contributed by atoms with Crippen LogP contribution in [0.4, 0.5) is 0 Å². The number of nitrogens with zero attached hydrogens (tertiary/aromatic N) is 4. The van der Waals surface area contributed by atoms with Gasteiger partial charge in [-0.05, 0) is 66.3 Å². The van der Waals surface area contributed by atoms with Gasteiger partial charge < -0.3 is 19.3 Å². The molecule has 2 aromatic carbocycles. The SMILES string of the molecule is COc1ccc2c(c1)C=C(C(=O)N1CCN(CCO)CC1)Cn1c-2c(C2CCCCC2)c2ccc(C(=O)NS(=O)(=O)N(C)C)cc21. The summed E-state index contributed by atoms with van der Waals surface area (Å²) in [5, 5.41) is 10.4. The number of carbonyl (C=O) groups is 2. The van der Waals surface area contributed by atoms with Crippen molar-refractivity contribution < 1.29 is 27.9 Å². The molecule has 46 heavy (non-hydrogen) atoms. The van der Waals surface area contributed by atoms with E-state index in [-0.39, 0.29) is 18.1 Å². The summed E-state index contributed by atoms with van der Waals surface area (Å²) in [6, 6.07) is 11.4. The lowest BCUT2D eigenvalue weighted by Gasteiger charge is -2.34. The number of aliphatic hydroxyl groups excluding tert-OH is 1. The summed E-state index contributed by atoms with van der Waals surface area (Å²) in [5.74, 6) is 0.256. The Morgan fingerprint density at radius 3 is 2.43 bits per heavy atom. The highest BCUT2D eigenvalue weighted by atomic mass is 32.2. The highest BCUT2D eigenvalue weighted by molar-refractivity contribution is 7.87. The van der Waals surface area contributed by atoms with E-state index in [2.05, 4.69) is 20.3 Å². The molecular weight excluding hydrogens is 606 g/mol. The number of β-amino-alcohol motifs (C(OH)–C–C–N with tert-alkyl or cyclic N) is 1. The van der Waals surface area contributed by atoms with Crippen LogP contribution < -0.4 is 9.46 Å². The fraction of sp³-hybridized carbons (Fsp3) is 0.471. The van der Waals surface area contributed by atoms with Crippen molar-refractivity contribution in [2.45, 2.75) is 44.6 Å². The molecule has 2 fully saturated rings. The lowest BCUT2D eigenvalue weighted by Crippen LogP contribution is -2.49. The van der Waals surface area contributed by atoms with E-state index in [9.17, 15) is 23.1 Å². The minimum atomic E-state index is -3.98. The summed E-state index contributed by atoms with van der Waals surface area (Å²) in [7, 11) is 0.384. The molecule has 6 rings (SSSR count). The minimum Gasteiger partial charge on any atom is -0.497 e. The number of aromatic nitrogens is 1. The molecule has 1 saturated heterocycles. The summed E-state index contributed by atoms with van der Waals surface area (Å²) in [6.07, 6.45) is 7.56. The second kappa shape index (κ2) is 13.2. The van der Waals surface area contributed by atoms with Gasteiger partial charge in [0, 0.05) is 74.4 Å². The Bertz CT molecular complexity index is 1780. The Morgan fingerprint density at radius 2 is 1.76 bits per heavy atom. The van der Waals surface area contributed by atoms with E-state index in [1.807, 2.05) is 29.2 Å². The Hall–Kier alpha value is -3.71. The van der Waals surface area contributed by atoms with Gasteiger partial charge in [0.1, 0.15) is 5.75 Å². The number of hydrogen-bond acceptors (Lipinski definition) is 7. The number of fused-ring (bicyclic) bond motifs is 5. The fourth-order valence-electron chi connectivity index (χ4n) is 7.10. The van der Waals surface area contributed by atoms with E-state index in [0.717, 1.165) is 57.7 Å². The van der Waals surface area contributed by atoms with Gasteiger partial charge in [-0.1, -0.05) is 25.3 Å². The van der Waals surface area contributed by atoms with Crippen molar-refractivity contribution in [3.05, 3.63) is 58.7 Å². The molecule has 0 atom stereocenters. The zero-order valence-corrected chi connectivity index (χ0v) is 27.6. The molecular formula is C34H43N5O6S. The summed E-state index contributed by atoms with van der Waals surface area (Å²) in [6.45, 7) is 3.50. The van der Waals surface area contributed by atoms with Crippen LogP contribution in [-0.4, -0.2) is 105 Å². The molecule has 12 heteroatoms. The first-order valence-corrected chi connectivity index (χ1v) is 17.5. The van der Waals surface area contributed by atoms with Gasteiger partial charge in [-0.25, -0.2) is 4.72 Å². The second-order valence-electron chi connectivity index (χ2n) is 12.6. The number of aliphatic hydroxyl groups is 1. The van der Waals surface area contributed by atoms with Crippen LogP contribution in [0.25, 0.3) is 28.2 Å². The Morgan fingerprint density at radius 1 is 1.02 bits per heavy atom. The number of hydrogen-bond donors (Lipinski definition) is 2. The van der Waals surface area contributed by atoms with Crippen LogP contribution in [0.1, 0.15) is 59.5 Å². The number of rotatable bonds is 8. The van der Waals surface area contributed by atoms with Crippen molar-refractivity contribution in [2.75, 3.05) is 60.5 Å². The first kappa shape index (κ1) is 32.2. The molecule has 3 aromatic rings. The number of amides is 2. The summed E-state index contributed by atoms with van der Waals surface area (Å²) < 4.78 is 35.9. The molecule has 2 amide bonds. The number of methoxy groups -OCH3 is 1. The predicted octanol–water partition coefficient (Wildman–Crippen LogP) is 3.43. The van der Waals surface area contributed by atoms with Crippen LogP contribution in [0.15, 0.2) is 42.0 Å². The van der Waals surface area contributed by atoms with Crippen LogP contribution in [-0.2, 0) is 21.5 Å².